The highest BCUT2D eigenvalue weighted by Gasteiger charge is 2.27. The number of rotatable bonds is 10. The highest BCUT2D eigenvalue weighted by Crippen LogP contribution is 2.32. The van der Waals surface area contributed by atoms with Crippen LogP contribution in [0.5, 0.6) is 0 Å². The Morgan fingerprint density at radius 1 is 1.09 bits per heavy atom. The van der Waals surface area contributed by atoms with Crippen LogP contribution in [-0.2, 0) is 4.74 Å². The van der Waals surface area contributed by atoms with Crippen molar-refractivity contribution < 1.29 is 36.5 Å². The zero-order valence-electron chi connectivity index (χ0n) is 21.7. The number of primary amides is 1. The van der Waals surface area contributed by atoms with Crippen molar-refractivity contribution >= 4 is 29.1 Å². The predicted molar refractivity (Wildman–Crippen MR) is 145 cm³/mol. The van der Waals surface area contributed by atoms with Gasteiger partial charge in [0.15, 0.2) is 23.9 Å². The average molecular weight is 637 g/mol. The normalized spacial score (nSPS) is 12.2. The molecule has 3 N–H and O–H groups in total. The summed E-state index contributed by atoms with van der Waals surface area (Å²) in [5.41, 5.74) is 6.05. The Labute approximate surface area is 250 Å². The van der Waals surface area contributed by atoms with E-state index in [0.29, 0.717) is 15.9 Å². The molecule has 3 heterocycles. The van der Waals surface area contributed by atoms with E-state index in [1.165, 1.54) is 64.4 Å². The number of pyridine rings is 1. The highest BCUT2D eigenvalue weighted by molar-refractivity contribution is 6.31. The Bertz CT molecular complexity index is 1820. The lowest BCUT2D eigenvalue weighted by atomic mass is 10.0. The third-order valence-electron chi connectivity index (χ3n) is 6.53. The molecule has 0 aliphatic carbocycles. The van der Waals surface area contributed by atoms with Gasteiger partial charge in [-0.25, -0.2) is 8.78 Å². The number of carbonyl (C=O) groups is 1. The van der Waals surface area contributed by atoms with Gasteiger partial charge >= 0.3 is 11.8 Å². The molecule has 0 saturated carbocycles. The first-order chi connectivity index (χ1) is 20.5. The maximum Gasteiger partial charge on any atom is 0.345 e. The SMILES string of the molecule is NC(=O)c1ccc(-c2cnn([C@H](CCOC(F)F)c3ccc(-c4c(-[n+]5cc(Cl)n[nH]5)ccc(Cl)c4F)c[n+]3[O-])c2)cc1F. The Morgan fingerprint density at radius 3 is 2.51 bits per heavy atom. The van der Waals surface area contributed by atoms with E-state index in [1.807, 2.05) is 0 Å². The van der Waals surface area contributed by atoms with Gasteiger partial charge in [-0.2, -0.15) is 18.6 Å². The molecule has 222 valence electrons. The lowest BCUT2D eigenvalue weighted by Gasteiger charge is -2.18. The second-order valence-electron chi connectivity index (χ2n) is 9.16. The van der Waals surface area contributed by atoms with Crippen LogP contribution in [0.2, 0.25) is 10.2 Å². The van der Waals surface area contributed by atoms with Crippen molar-refractivity contribution in [2.75, 3.05) is 6.61 Å². The molecule has 0 radical (unpaired) electrons. The Morgan fingerprint density at radius 2 is 1.86 bits per heavy atom. The summed E-state index contributed by atoms with van der Waals surface area (Å²) in [5, 5.41) is 24.0. The lowest BCUT2D eigenvalue weighted by molar-refractivity contribution is -0.659. The number of alkyl halides is 2. The molecule has 1 amide bonds. The summed E-state index contributed by atoms with van der Waals surface area (Å²) in [6.45, 7) is -3.48. The van der Waals surface area contributed by atoms with Crippen LogP contribution in [0.25, 0.3) is 27.9 Å². The van der Waals surface area contributed by atoms with E-state index in [0.717, 1.165) is 12.3 Å². The van der Waals surface area contributed by atoms with Gasteiger partial charge in [0.25, 0.3) is 5.91 Å². The van der Waals surface area contributed by atoms with Gasteiger partial charge in [0, 0.05) is 24.2 Å². The number of carbonyl (C=O) groups excluding carboxylic acids is 1. The van der Waals surface area contributed by atoms with Crippen molar-refractivity contribution in [2.45, 2.75) is 19.1 Å². The minimum Gasteiger partial charge on any atom is -0.618 e. The van der Waals surface area contributed by atoms with E-state index in [4.69, 9.17) is 28.9 Å². The van der Waals surface area contributed by atoms with Gasteiger partial charge in [0.05, 0.1) is 39.6 Å². The van der Waals surface area contributed by atoms with Gasteiger partial charge in [0.1, 0.15) is 11.9 Å². The second kappa shape index (κ2) is 12.4. The number of amides is 1. The van der Waals surface area contributed by atoms with Crippen LogP contribution in [0.1, 0.15) is 28.5 Å². The largest absolute Gasteiger partial charge is 0.618 e. The number of ether oxygens (including phenoxy) is 1. The molecule has 0 saturated heterocycles. The van der Waals surface area contributed by atoms with E-state index in [2.05, 4.69) is 20.1 Å². The summed E-state index contributed by atoms with van der Waals surface area (Å²) in [4.78, 5) is 11.4. The number of hydrogen-bond acceptors (Lipinski definition) is 5. The van der Waals surface area contributed by atoms with Crippen LogP contribution in [-0.4, -0.2) is 39.2 Å². The molecule has 0 spiro atoms. The molecular formula is C27H20Cl2F4N7O3+. The first-order valence-electron chi connectivity index (χ1n) is 12.4. The van der Waals surface area contributed by atoms with Gasteiger partial charge in [-0.05, 0) is 47.5 Å². The molecule has 43 heavy (non-hydrogen) atoms. The molecule has 5 aromatic rings. The van der Waals surface area contributed by atoms with Crippen molar-refractivity contribution in [3.63, 3.8) is 0 Å². The second-order valence-corrected chi connectivity index (χ2v) is 9.96. The number of nitrogens with one attached hydrogen (secondary N) is 1. The number of aromatic amines is 1. The molecule has 0 bridgehead atoms. The Hall–Kier alpha value is -4.53. The molecule has 3 aromatic heterocycles. The lowest BCUT2D eigenvalue weighted by Crippen LogP contribution is -2.36. The highest BCUT2D eigenvalue weighted by atomic mass is 35.5. The quantitative estimate of drug-likeness (QED) is 0.130. The van der Waals surface area contributed by atoms with Crippen molar-refractivity contribution in [2.24, 2.45) is 5.73 Å². The molecule has 1 atom stereocenters. The number of aromatic nitrogens is 6. The molecular weight excluding hydrogens is 617 g/mol. The van der Waals surface area contributed by atoms with Crippen LogP contribution in [0.4, 0.5) is 17.6 Å². The first-order valence-corrected chi connectivity index (χ1v) is 13.2. The smallest absolute Gasteiger partial charge is 0.345 e. The zero-order chi connectivity index (χ0) is 30.8. The van der Waals surface area contributed by atoms with Crippen molar-refractivity contribution in [1.82, 2.24) is 20.1 Å². The summed E-state index contributed by atoms with van der Waals surface area (Å²) in [7, 11) is 0. The number of nitrogens with zero attached hydrogens (tertiary/aromatic N) is 5. The van der Waals surface area contributed by atoms with Crippen molar-refractivity contribution in [3.05, 3.63) is 106 Å². The molecule has 0 fully saturated rings. The number of halogens is 6. The maximum atomic E-state index is 15.3. The summed E-state index contributed by atoms with van der Waals surface area (Å²) in [6, 6.07) is 8.55. The standard InChI is InChI=1S/C27H19Cl2F4N7O3/c28-18-4-6-22(39-13-23(29)36-37-39)24(25(18)31)15-2-5-21(40(42)12-15)20(7-8-43-27(32)33)38-11-16(10-35-38)14-1-3-17(26(34)41)19(30)9-14/h1-6,9-13,20,27H,7-8H2,(H2,34,41)/p+1/t20-/m1/s1. The molecule has 0 aliphatic heterocycles. The van der Waals surface area contributed by atoms with Gasteiger partial charge < -0.3 is 15.7 Å². The topological polar surface area (TPSA) is 130 Å². The summed E-state index contributed by atoms with van der Waals surface area (Å²) in [5.74, 6) is -2.58. The van der Waals surface area contributed by atoms with Crippen molar-refractivity contribution in [1.29, 1.82) is 0 Å². The van der Waals surface area contributed by atoms with E-state index < -0.39 is 36.8 Å². The summed E-state index contributed by atoms with van der Waals surface area (Å²) >= 11 is 12.0. The minimum absolute atomic E-state index is 0.0330. The maximum absolute atomic E-state index is 15.3. The zero-order valence-corrected chi connectivity index (χ0v) is 23.2. The van der Waals surface area contributed by atoms with Crippen LogP contribution in [0.3, 0.4) is 0 Å². The minimum atomic E-state index is -3.04. The fourth-order valence-corrected chi connectivity index (χ4v) is 4.83. The van der Waals surface area contributed by atoms with Crippen molar-refractivity contribution in [3.8, 4) is 27.9 Å². The molecule has 0 unspecified atom stereocenters. The number of hydrogen-bond donors (Lipinski definition) is 2. The molecule has 16 heteroatoms. The average Bonchev–Trinajstić information content (AvgIpc) is 3.62. The third-order valence-corrected chi connectivity index (χ3v) is 7.00. The number of nitrogens with two attached hydrogens (primary N) is 1. The van der Waals surface area contributed by atoms with Crippen LogP contribution >= 0.6 is 23.2 Å². The molecule has 2 aromatic carbocycles. The molecule has 10 nitrogen and oxygen atoms in total. The monoisotopic (exact) mass is 636 g/mol. The number of benzene rings is 2. The first kappa shape index (κ1) is 29.9. The summed E-state index contributed by atoms with van der Waals surface area (Å²) < 4.78 is 62.8. The van der Waals surface area contributed by atoms with Gasteiger partial charge in [-0.15, -0.1) is 4.68 Å². The van der Waals surface area contributed by atoms with Crippen LogP contribution in [0.15, 0.2) is 67.3 Å². The Kier molecular flexibility index (Phi) is 8.62. The van der Waals surface area contributed by atoms with E-state index in [9.17, 15) is 23.2 Å². The van der Waals surface area contributed by atoms with E-state index in [1.54, 1.807) is 0 Å². The fraction of sp³-hybridized carbons (Fsp3) is 0.148. The predicted octanol–water partition coefficient (Wildman–Crippen LogP) is 4.75. The van der Waals surface area contributed by atoms with Crippen LogP contribution in [0, 0.1) is 16.8 Å². The van der Waals surface area contributed by atoms with Crippen LogP contribution < -0.4 is 15.1 Å². The number of H-pyrrole nitrogens is 1. The van der Waals surface area contributed by atoms with Gasteiger partial charge in [0.2, 0.25) is 5.69 Å². The van der Waals surface area contributed by atoms with Gasteiger partial charge in [-0.3, -0.25) is 9.48 Å². The van der Waals surface area contributed by atoms with E-state index >= 15 is 4.39 Å². The van der Waals surface area contributed by atoms with E-state index in [-0.39, 0.29) is 44.7 Å². The summed E-state index contributed by atoms with van der Waals surface area (Å²) in [6.07, 6.45) is 5.25. The Balaban J connectivity index is 1.54. The molecule has 0 aliphatic rings. The molecule has 5 rings (SSSR count). The third kappa shape index (κ3) is 6.30. The van der Waals surface area contributed by atoms with Gasteiger partial charge in [-0.1, -0.05) is 22.9 Å². The fourth-order valence-electron chi connectivity index (χ4n) is 4.54.